The van der Waals surface area contributed by atoms with Crippen molar-refractivity contribution in [2.75, 3.05) is 6.61 Å². The lowest BCUT2D eigenvalue weighted by atomic mass is 10.1. The fourth-order valence-electron chi connectivity index (χ4n) is 2.25. The average Bonchev–Trinajstić information content (AvgIpc) is 2.58. The summed E-state index contributed by atoms with van der Waals surface area (Å²) in [4.78, 5) is 0. The van der Waals surface area contributed by atoms with E-state index in [0.717, 1.165) is 25.7 Å². The molecule has 0 aromatic carbocycles. The van der Waals surface area contributed by atoms with Gasteiger partial charge >= 0.3 is 0 Å². The Morgan fingerprint density at radius 1 is 1.27 bits per heavy atom. The van der Waals surface area contributed by atoms with Gasteiger partial charge < -0.3 is 19.3 Å². The minimum atomic E-state index is -0.495. The van der Waals surface area contributed by atoms with Gasteiger partial charge in [-0.25, -0.2) is 0 Å². The molecule has 15 heavy (non-hydrogen) atoms. The Labute approximate surface area is 90.5 Å². The van der Waals surface area contributed by atoms with Gasteiger partial charge in [-0.05, 0) is 33.1 Å². The molecule has 0 spiro atoms. The molecule has 2 aliphatic heterocycles. The largest absolute Gasteiger partial charge is 0.396 e. The Morgan fingerprint density at radius 3 is 2.73 bits per heavy atom. The molecule has 2 fully saturated rings. The lowest BCUT2D eigenvalue weighted by Gasteiger charge is -2.20. The van der Waals surface area contributed by atoms with Crippen molar-refractivity contribution < 1.29 is 19.3 Å². The van der Waals surface area contributed by atoms with Crippen LogP contribution in [-0.2, 0) is 14.2 Å². The topological polar surface area (TPSA) is 47.9 Å². The van der Waals surface area contributed by atoms with Gasteiger partial charge in [0.05, 0.1) is 6.10 Å². The molecule has 2 aliphatic rings. The molecular formula is C11H20O4. The van der Waals surface area contributed by atoms with Gasteiger partial charge in [0, 0.05) is 13.0 Å². The zero-order valence-corrected chi connectivity index (χ0v) is 9.44. The fraction of sp³-hybridized carbons (Fsp3) is 1.00. The molecule has 0 amide bonds. The van der Waals surface area contributed by atoms with Crippen LogP contribution in [0.2, 0.25) is 0 Å². The van der Waals surface area contributed by atoms with Crippen molar-refractivity contribution in [3.63, 3.8) is 0 Å². The molecule has 2 saturated heterocycles. The van der Waals surface area contributed by atoms with Gasteiger partial charge in [0.25, 0.3) is 0 Å². The molecule has 4 heteroatoms. The molecule has 2 heterocycles. The highest BCUT2D eigenvalue weighted by atomic mass is 16.8. The molecule has 0 aliphatic carbocycles. The van der Waals surface area contributed by atoms with Crippen LogP contribution in [0.5, 0.6) is 0 Å². The first kappa shape index (κ1) is 11.3. The second-order valence-electron chi connectivity index (χ2n) is 4.76. The monoisotopic (exact) mass is 216 g/mol. The highest BCUT2D eigenvalue weighted by Gasteiger charge is 2.48. The predicted molar refractivity (Wildman–Crippen MR) is 54.3 cm³/mol. The van der Waals surface area contributed by atoms with Crippen molar-refractivity contribution in [1.29, 1.82) is 0 Å². The Morgan fingerprint density at radius 2 is 2.07 bits per heavy atom. The highest BCUT2D eigenvalue weighted by Crippen LogP contribution is 2.38. The summed E-state index contributed by atoms with van der Waals surface area (Å²) in [6, 6.07) is 0. The van der Waals surface area contributed by atoms with E-state index in [9.17, 15) is 0 Å². The van der Waals surface area contributed by atoms with Gasteiger partial charge in [0.15, 0.2) is 12.1 Å². The first-order valence-corrected chi connectivity index (χ1v) is 5.73. The number of unbranched alkanes of at least 4 members (excludes halogenated alkanes) is 1. The molecule has 0 aromatic heterocycles. The number of hydrogen-bond acceptors (Lipinski definition) is 4. The molecule has 3 unspecified atom stereocenters. The van der Waals surface area contributed by atoms with E-state index in [2.05, 4.69) is 0 Å². The summed E-state index contributed by atoms with van der Waals surface area (Å²) >= 11 is 0. The Kier molecular flexibility index (Phi) is 3.30. The maximum atomic E-state index is 8.68. The molecule has 0 bridgehead atoms. The van der Waals surface area contributed by atoms with Crippen LogP contribution in [0.3, 0.4) is 0 Å². The fourth-order valence-corrected chi connectivity index (χ4v) is 2.25. The standard InChI is InChI=1S/C11H20O4/c1-11(2)14-9-7-8(5-3-4-6-12)13-10(9)15-11/h8-10,12H,3-7H2,1-2H3. The number of hydrogen-bond donors (Lipinski definition) is 1. The van der Waals surface area contributed by atoms with Crippen molar-refractivity contribution >= 4 is 0 Å². The summed E-state index contributed by atoms with van der Waals surface area (Å²) in [7, 11) is 0. The van der Waals surface area contributed by atoms with Crippen LogP contribution in [-0.4, -0.2) is 36.0 Å². The average molecular weight is 216 g/mol. The second kappa shape index (κ2) is 4.37. The summed E-state index contributed by atoms with van der Waals surface area (Å²) in [5, 5.41) is 8.68. The molecule has 88 valence electrons. The molecule has 4 nitrogen and oxygen atoms in total. The van der Waals surface area contributed by atoms with Crippen LogP contribution in [0.1, 0.15) is 39.5 Å². The zero-order chi connectivity index (χ0) is 10.9. The van der Waals surface area contributed by atoms with Crippen LogP contribution in [0, 0.1) is 0 Å². The highest BCUT2D eigenvalue weighted by molar-refractivity contribution is 4.84. The zero-order valence-electron chi connectivity index (χ0n) is 9.44. The number of aliphatic hydroxyl groups is 1. The van der Waals surface area contributed by atoms with Crippen molar-refractivity contribution in [1.82, 2.24) is 0 Å². The minimum Gasteiger partial charge on any atom is -0.396 e. The number of ether oxygens (including phenoxy) is 3. The van der Waals surface area contributed by atoms with E-state index in [0.29, 0.717) is 0 Å². The third-order valence-electron chi connectivity index (χ3n) is 2.89. The van der Waals surface area contributed by atoms with Crippen molar-refractivity contribution in [3.8, 4) is 0 Å². The summed E-state index contributed by atoms with van der Waals surface area (Å²) in [6.45, 7) is 4.09. The van der Waals surface area contributed by atoms with Crippen LogP contribution in [0.15, 0.2) is 0 Å². The van der Waals surface area contributed by atoms with E-state index >= 15 is 0 Å². The van der Waals surface area contributed by atoms with E-state index in [-0.39, 0.29) is 25.1 Å². The molecule has 0 radical (unpaired) electrons. The smallest absolute Gasteiger partial charge is 0.187 e. The van der Waals surface area contributed by atoms with Crippen molar-refractivity contribution in [2.24, 2.45) is 0 Å². The van der Waals surface area contributed by atoms with Crippen LogP contribution < -0.4 is 0 Å². The van der Waals surface area contributed by atoms with E-state index in [1.807, 2.05) is 13.8 Å². The lowest BCUT2D eigenvalue weighted by Crippen LogP contribution is -2.24. The third kappa shape index (κ3) is 2.69. The first-order chi connectivity index (χ1) is 7.11. The number of aliphatic hydroxyl groups excluding tert-OH is 1. The molecule has 1 N–H and O–H groups in total. The van der Waals surface area contributed by atoms with E-state index in [1.54, 1.807) is 0 Å². The lowest BCUT2D eigenvalue weighted by molar-refractivity contribution is -0.205. The van der Waals surface area contributed by atoms with Gasteiger partial charge in [-0.1, -0.05) is 0 Å². The third-order valence-corrected chi connectivity index (χ3v) is 2.89. The SMILES string of the molecule is CC1(C)OC2CC(CCCCO)OC2O1. The van der Waals surface area contributed by atoms with Gasteiger partial charge in [-0.15, -0.1) is 0 Å². The quantitative estimate of drug-likeness (QED) is 0.722. The van der Waals surface area contributed by atoms with Crippen LogP contribution in [0.4, 0.5) is 0 Å². The van der Waals surface area contributed by atoms with Gasteiger partial charge in [0.1, 0.15) is 6.10 Å². The van der Waals surface area contributed by atoms with E-state index in [1.165, 1.54) is 0 Å². The molecule has 3 atom stereocenters. The van der Waals surface area contributed by atoms with Crippen molar-refractivity contribution in [2.45, 2.75) is 63.8 Å². The number of fused-ring (bicyclic) bond motifs is 1. The van der Waals surface area contributed by atoms with E-state index in [4.69, 9.17) is 19.3 Å². The minimum absolute atomic E-state index is 0.0964. The molecule has 0 aromatic rings. The Hall–Kier alpha value is -0.160. The Balaban J connectivity index is 1.74. The summed E-state index contributed by atoms with van der Waals surface area (Å²) in [6.07, 6.45) is 3.91. The maximum Gasteiger partial charge on any atom is 0.187 e. The van der Waals surface area contributed by atoms with E-state index < -0.39 is 5.79 Å². The summed E-state index contributed by atoms with van der Waals surface area (Å²) in [5.74, 6) is -0.495. The normalized spacial score (nSPS) is 38.2. The Bertz CT molecular complexity index is 201. The van der Waals surface area contributed by atoms with Crippen LogP contribution >= 0.6 is 0 Å². The molecule has 0 saturated carbocycles. The summed E-state index contributed by atoms with van der Waals surface area (Å²) < 4.78 is 17.1. The number of rotatable bonds is 4. The molecule has 2 rings (SSSR count). The van der Waals surface area contributed by atoms with Gasteiger partial charge in [-0.3, -0.25) is 0 Å². The van der Waals surface area contributed by atoms with Gasteiger partial charge in [-0.2, -0.15) is 0 Å². The summed E-state index contributed by atoms with van der Waals surface area (Å²) in [5.41, 5.74) is 0. The second-order valence-corrected chi connectivity index (χ2v) is 4.76. The maximum absolute atomic E-state index is 8.68. The first-order valence-electron chi connectivity index (χ1n) is 5.73. The van der Waals surface area contributed by atoms with Crippen LogP contribution in [0.25, 0.3) is 0 Å². The predicted octanol–water partition coefficient (Wildman–Crippen LogP) is 1.42. The van der Waals surface area contributed by atoms with Crippen molar-refractivity contribution in [3.05, 3.63) is 0 Å². The molecular weight excluding hydrogens is 196 g/mol. The van der Waals surface area contributed by atoms with Gasteiger partial charge in [0.2, 0.25) is 0 Å².